The molecule has 0 aromatic heterocycles. The number of rotatable bonds is 5. The van der Waals surface area contributed by atoms with E-state index in [9.17, 15) is 0 Å². The molecular formula is C15H22ClNO. The van der Waals surface area contributed by atoms with Crippen LogP contribution in [0.4, 0.5) is 0 Å². The monoisotopic (exact) mass is 267 g/mol. The second-order valence-corrected chi connectivity index (χ2v) is 5.54. The third-order valence-corrected chi connectivity index (χ3v) is 3.85. The van der Waals surface area contributed by atoms with E-state index in [0.717, 1.165) is 42.3 Å². The molecule has 0 aliphatic carbocycles. The van der Waals surface area contributed by atoms with Crippen LogP contribution in [0.15, 0.2) is 18.2 Å². The Morgan fingerprint density at radius 3 is 2.94 bits per heavy atom. The highest BCUT2D eigenvalue weighted by molar-refractivity contribution is 6.30. The van der Waals surface area contributed by atoms with Crippen LogP contribution in [0.2, 0.25) is 5.02 Å². The van der Waals surface area contributed by atoms with Crippen LogP contribution in [0, 0.1) is 12.8 Å². The zero-order valence-electron chi connectivity index (χ0n) is 11.2. The van der Waals surface area contributed by atoms with Crippen LogP contribution in [0.3, 0.4) is 0 Å². The number of nitrogens with one attached hydrogen (secondary N) is 1. The summed E-state index contributed by atoms with van der Waals surface area (Å²) in [6.45, 7) is 6.47. The largest absolute Gasteiger partial charge is 0.490 e. The summed E-state index contributed by atoms with van der Waals surface area (Å²) in [4.78, 5) is 0. The molecule has 1 aromatic rings. The standard InChI is InChI=1S/C15H22ClNO/c1-3-4-15(12-7-8-17-10-12)18-14-6-5-13(16)9-11(14)2/h5-6,9,12,15,17H,3-4,7-8,10H2,1-2H3/t12?,15-/m0/s1. The number of ether oxygens (including phenoxy) is 1. The molecule has 0 saturated carbocycles. The van der Waals surface area contributed by atoms with Gasteiger partial charge in [0.1, 0.15) is 11.9 Å². The fourth-order valence-electron chi connectivity index (χ4n) is 2.58. The Kier molecular flexibility index (Phi) is 4.90. The average Bonchev–Trinajstić information content (AvgIpc) is 2.85. The zero-order chi connectivity index (χ0) is 13.0. The third-order valence-electron chi connectivity index (χ3n) is 3.61. The number of halogens is 1. The molecule has 0 spiro atoms. The molecule has 0 radical (unpaired) electrons. The van der Waals surface area contributed by atoms with Gasteiger partial charge in [-0.1, -0.05) is 24.9 Å². The van der Waals surface area contributed by atoms with Crippen LogP contribution >= 0.6 is 11.6 Å². The molecule has 2 nitrogen and oxygen atoms in total. The molecule has 1 fully saturated rings. The van der Waals surface area contributed by atoms with Gasteiger partial charge in [-0.2, -0.15) is 0 Å². The van der Waals surface area contributed by atoms with Gasteiger partial charge in [0, 0.05) is 17.5 Å². The number of hydrogen-bond acceptors (Lipinski definition) is 2. The summed E-state index contributed by atoms with van der Waals surface area (Å²) < 4.78 is 6.23. The Morgan fingerprint density at radius 2 is 2.33 bits per heavy atom. The van der Waals surface area contributed by atoms with Crippen molar-refractivity contribution in [1.29, 1.82) is 0 Å². The van der Waals surface area contributed by atoms with Crippen molar-refractivity contribution in [2.75, 3.05) is 13.1 Å². The van der Waals surface area contributed by atoms with E-state index in [1.165, 1.54) is 6.42 Å². The predicted octanol–water partition coefficient (Wildman–Crippen LogP) is 3.81. The van der Waals surface area contributed by atoms with Crippen molar-refractivity contribution in [3.05, 3.63) is 28.8 Å². The molecular weight excluding hydrogens is 246 g/mol. The SMILES string of the molecule is CCC[C@H](Oc1ccc(Cl)cc1C)C1CCNC1. The molecule has 3 heteroatoms. The lowest BCUT2D eigenvalue weighted by Crippen LogP contribution is -2.28. The highest BCUT2D eigenvalue weighted by Gasteiger charge is 2.26. The molecule has 1 unspecified atom stereocenters. The van der Waals surface area contributed by atoms with E-state index in [4.69, 9.17) is 16.3 Å². The molecule has 1 N–H and O–H groups in total. The fourth-order valence-corrected chi connectivity index (χ4v) is 2.80. The Balaban J connectivity index is 2.07. The minimum Gasteiger partial charge on any atom is -0.490 e. The first-order valence-electron chi connectivity index (χ1n) is 6.84. The summed E-state index contributed by atoms with van der Waals surface area (Å²) in [7, 11) is 0. The van der Waals surface area contributed by atoms with Gasteiger partial charge in [0.15, 0.2) is 0 Å². The quantitative estimate of drug-likeness (QED) is 0.876. The van der Waals surface area contributed by atoms with Crippen molar-refractivity contribution >= 4 is 11.6 Å². The average molecular weight is 268 g/mol. The maximum Gasteiger partial charge on any atom is 0.122 e. The van der Waals surface area contributed by atoms with Crippen molar-refractivity contribution in [2.45, 2.75) is 39.2 Å². The fraction of sp³-hybridized carbons (Fsp3) is 0.600. The van der Waals surface area contributed by atoms with Gasteiger partial charge in [-0.3, -0.25) is 0 Å². The minimum atomic E-state index is 0.324. The first-order chi connectivity index (χ1) is 8.70. The number of hydrogen-bond donors (Lipinski definition) is 1. The van der Waals surface area contributed by atoms with Crippen molar-refractivity contribution < 1.29 is 4.74 Å². The molecule has 0 bridgehead atoms. The highest BCUT2D eigenvalue weighted by Crippen LogP contribution is 2.27. The van der Waals surface area contributed by atoms with E-state index < -0.39 is 0 Å². The lowest BCUT2D eigenvalue weighted by atomic mass is 9.97. The Hall–Kier alpha value is -0.730. The van der Waals surface area contributed by atoms with E-state index in [1.807, 2.05) is 18.2 Å². The lowest BCUT2D eigenvalue weighted by Gasteiger charge is -2.25. The highest BCUT2D eigenvalue weighted by atomic mass is 35.5. The van der Waals surface area contributed by atoms with Gasteiger partial charge in [-0.25, -0.2) is 0 Å². The lowest BCUT2D eigenvalue weighted by molar-refractivity contribution is 0.131. The van der Waals surface area contributed by atoms with Crippen LogP contribution in [-0.2, 0) is 0 Å². The smallest absolute Gasteiger partial charge is 0.122 e. The topological polar surface area (TPSA) is 21.3 Å². The van der Waals surface area contributed by atoms with E-state index >= 15 is 0 Å². The normalized spacial score (nSPS) is 20.9. The van der Waals surface area contributed by atoms with Crippen LogP contribution in [0.25, 0.3) is 0 Å². The summed E-state index contributed by atoms with van der Waals surface area (Å²) in [6, 6.07) is 5.86. The van der Waals surface area contributed by atoms with Crippen LogP contribution < -0.4 is 10.1 Å². The maximum atomic E-state index is 6.23. The Bertz CT molecular complexity index is 388. The molecule has 100 valence electrons. The third kappa shape index (κ3) is 3.39. The molecule has 1 aliphatic heterocycles. The first-order valence-corrected chi connectivity index (χ1v) is 7.22. The van der Waals surface area contributed by atoms with E-state index in [-0.39, 0.29) is 0 Å². The number of aryl methyl sites for hydroxylation is 1. The van der Waals surface area contributed by atoms with Crippen LogP contribution in [0.1, 0.15) is 31.7 Å². The van der Waals surface area contributed by atoms with Gasteiger partial charge in [0.2, 0.25) is 0 Å². The molecule has 2 atom stereocenters. The second-order valence-electron chi connectivity index (χ2n) is 5.11. The molecule has 1 saturated heterocycles. The summed E-state index contributed by atoms with van der Waals surface area (Å²) in [5.41, 5.74) is 1.12. The van der Waals surface area contributed by atoms with E-state index in [2.05, 4.69) is 19.2 Å². The summed E-state index contributed by atoms with van der Waals surface area (Å²) >= 11 is 5.98. The van der Waals surface area contributed by atoms with Crippen molar-refractivity contribution in [2.24, 2.45) is 5.92 Å². The molecule has 0 amide bonds. The van der Waals surface area contributed by atoms with Gasteiger partial charge in [0.25, 0.3) is 0 Å². The van der Waals surface area contributed by atoms with Crippen LogP contribution in [-0.4, -0.2) is 19.2 Å². The predicted molar refractivity (Wildman–Crippen MR) is 76.5 cm³/mol. The van der Waals surface area contributed by atoms with Gasteiger partial charge < -0.3 is 10.1 Å². The van der Waals surface area contributed by atoms with Crippen molar-refractivity contribution in [3.8, 4) is 5.75 Å². The van der Waals surface area contributed by atoms with Gasteiger partial charge in [-0.05, 0) is 50.1 Å². The Labute approximate surface area is 115 Å². The number of benzene rings is 1. The van der Waals surface area contributed by atoms with Crippen molar-refractivity contribution in [1.82, 2.24) is 5.32 Å². The molecule has 1 heterocycles. The van der Waals surface area contributed by atoms with Crippen molar-refractivity contribution in [3.63, 3.8) is 0 Å². The van der Waals surface area contributed by atoms with E-state index in [1.54, 1.807) is 0 Å². The second kappa shape index (κ2) is 6.44. The van der Waals surface area contributed by atoms with Gasteiger partial charge >= 0.3 is 0 Å². The molecule has 1 aromatic carbocycles. The molecule has 2 rings (SSSR count). The maximum absolute atomic E-state index is 6.23. The summed E-state index contributed by atoms with van der Waals surface area (Å²) in [6.07, 6.45) is 3.82. The van der Waals surface area contributed by atoms with Crippen LogP contribution in [0.5, 0.6) is 5.75 Å². The van der Waals surface area contributed by atoms with Gasteiger partial charge in [-0.15, -0.1) is 0 Å². The zero-order valence-corrected chi connectivity index (χ0v) is 12.0. The molecule has 1 aliphatic rings. The first kappa shape index (κ1) is 13.7. The van der Waals surface area contributed by atoms with E-state index in [0.29, 0.717) is 12.0 Å². The minimum absolute atomic E-state index is 0.324. The van der Waals surface area contributed by atoms with Gasteiger partial charge in [0.05, 0.1) is 0 Å². The summed E-state index contributed by atoms with van der Waals surface area (Å²) in [5.74, 6) is 1.62. The molecule has 18 heavy (non-hydrogen) atoms. The Morgan fingerprint density at radius 1 is 1.50 bits per heavy atom. The summed E-state index contributed by atoms with van der Waals surface area (Å²) in [5, 5.41) is 4.19.